The summed E-state index contributed by atoms with van der Waals surface area (Å²) in [6, 6.07) is 0.763. The maximum absolute atomic E-state index is 13.5. The van der Waals surface area contributed by atoms with Crippen LogP contribution >= 0.6 is 39.1 Å². The molecule has 3 rings (SSSR count). The Labute approximate surface area is 195 Å². The number of rotatable bonds is 2. The van der Waals surface area contributed by atoms with Gasteiger partial charge in [0.25, 0.3) is 0 Å². The third kappa shape index (κ3) is 4.87. The number of aromatic amines is 1. The van der Waals surface area contributed by atoms with Crippen LogP contribution < -0.4 is 5.56 Å². The van der Waals surface area contributed by atoms with Gasteiger partial charge in [-0.2, -0.15) is 39.5 Å². The molecule has 0 aliphatic rings. The second-order valence-corrected chi connectivity index (χ2v) is 7.88. The number of hydrogen-bond donors (Lipinski definition) is 1. The van der Waals surface area contributed by atoms with E-state index >= 15 is 0 Å². The van der Waals surface area contributed by atoms with Crippen molar-refractivity contribution < 1.29 is 39.5 Å². The standard InChI is InChI=1S/C17H5BrCl2F9N3O/c18-13-12(17(27,28)29)31-14(6-4-30-10(33)3-7(6)16(24,25)26)32(13)11-8(19)1-5(2-9(11)20)15(21,22)23/h1-4H,(H,30,33). The summed E-state index contributed by atoms with van der Waals surface area (Å²) in [6.45, 7) is 0. The molecule has 33 heavy (non-hydrogen) atoms. The van der Waals surface area contributed by atoms with Gasteiger partial charge in [-0.25, -0.2) is 4.98 Å². The SMILES string of the molecule is O=c1cc(C(F)(F)F)c(-c2nc(C(F)(F)F)c(Br)n2-c2c(Cl)cc(C(F)(F)F)cc2Cl)c[nH]1. The zero-order valence-corrected chi connectivity index (χ0v) is 18.2. The highest BCUT2D eigenvalue weighted by Gasteiger charge is 2.42. The fourth-order valence-corrected chi connectivity index (χ4v) is 4.11. The Kier molecular flexibility index (Phi) is 6.35. The van der Waals surface area contributed by atoms with Gasteiger partial charge >= 0.3 is 18.5 Å². The van der Waals surface area contributed by atoms with Crippen LogP contribution in [-0.4, -0.2) is 14.5 Å². The average Bonchev–Trinajstić information content (AvgIpc) is 2.97. The number of benzene rings is 1. The van der Waals surface area contributed by atoms with E-state index in [1.165, 1.54) is 0 Å². The molecule has 0 aliphatic carbocycles. The van der Waals surface area contributed by atoms with Crippen LogP contribution in [0.15, 0.2) is 33.8 Å². The molecule has 2 heterocycles. The summed E-state index contributed by atoms with van der Waals surface area (Å²) in [5.74, 6) is -1.05. The van der Waals surface area contributed by atoms with E-state index in [9.17, 15) is 44.3 Å². The van der Waals surface area contributed by atoms with E-state index in [-0.39, 0.29) is 6.07 Å². The third-order valence-corrected chi connectivity index (χ3v) is 5.43. The summed E-state index contributed by atoms with van der Waals surface area (Å²) in [5.41, 5.74) is -7.68. The molecule has 0 saturated carbocycles. The lowest BCUT2D eigenvalue weighted by Gasteiger charge is -2.17. The van der Waals surface area contributed by atoms with Crippen LogP contribution in [0.1, 0.15) is 16.8 Å². The Balaban J connectivity index is 2.46. The minimum absolute atomic E-state index is 0.0888. The first kappa shape index (κ1) is 25.4. The molecule has 0 bridgehead atoms. The number of alkyl halides is 9. The predicted octanol–water partition coefficient (Wildman–Crippen LogP) is 7.35. The fraction of sp³-hybridized carbons (Fsp3) is 0.176. The molecule has 178 valence electrons. The Morgan fingerprint density at radius 2 is 1.42 bits per heavy atom. The van der Waals surface area contributed by atoms with Gasteiger partial charge in [-0.05, 0) is 28.1 Å². The number of imidazole rings is 1. The van der Waals surface area contributed by atoms with Gasteiger partial charge in [-0.3, -0.25) is 9.36 Å². The summed E-state index contributed by atoms with van der Waals surface area (Å²) in [6.07, 6.45) is -14.9. The minimum atomic E-state index is -5.21. The second kappa shape index (κ2) is 8.24. The molecule has 4 nitrogen and oxygen atoms in total. The Morgan fingerprint density at radius 1 is 0.879 bits per heavy atom. The van der Waals surface area contributed by atoms with Crippen molar-refractivity contribution in [3.63, 3.8) is 0 Å². The lowest BCUT2D eigenvalue weighted by Crippen LogP contribution is -2.16. The topological polar surface area (TPSA) is 50.7 Å². The monoisotopic (exact) mass is 587 g/mol. The van der Waals surface area contributed by atoms with Gasteiger partial charge in [0.2, 0.25) is 5.56 Å². The Hall–Kier alpha value is -2.19. The van der Waals surface area contributed by atoms with Gasteiger partial charge in [0.15, 0.2) is 5.69 Å². The molecule has 1 aromatic carbocycles. The molecule has 0 unspecified atom stereocenters. The van der Waals surface area contributed by atoms with Crippen LogP contribution in [0.5, 0.6) is 0 Å². The van der Waals surface area contributed by atoms with Gasteiger partial charge in [0.1, 0.15) is 10.4 Å². The lowest BCUT2D eigenvalue weighted by molar-refractivity contribution is -0.141. The molecule has 0 aliphatic heterocycles. The minimum Gasteiger partial charge on any atom is -0.328 e. The molecule has 0 radical (unpaired) electrons. The first-order valence-electron chi connectivity index (χ1n) is 8.15. The number of hydrogen-bond acceptors (Lipinski definition) is 2. The lowest BCUT2D eigenvalue weighted by atomic mass is 10.1. The van der Waals surface area contributed by atoms with E-state index in [0.717, 1.165) is 0 Å². The Bertz CT molecular complexity index is 1270. The fourth-order valence-electron chi connectivity index (χ4n) is 2.80. The van der Waals surface area contributed by atoms with Crippen LogP contribution in [-0.2, 0) is 18.5 Å². The van der Waals surface area contributed by atoms with Crippen molar-refractivity contribution in [2.75, 3.05) is 0 Å². The van der Waals surface area contributed by atoms with Crippen molar-refractivity contribution in [1.29, 1.82) is 0 Å². The first-order chi connectivity index (χ1) is 14.9. The molecule has 0 amide bonds. The highest BCUT2D eigenvalue weighted by Crippen LogP contribution is 2.45. The maximum atomic E-state index is 13.5. The summed E-state index contributed by atoms with van der Waals surface area (Å²) in [5, 5.41) is -1.67. The van der Waals surface area contributed by atoms with E-state index in [2.05, 4.69) is 20.9 Å². The number of nitrogens with one attached hydrogen (secondary N) is 1. The van der Waals surface area contributed by atoms with Crippen molar-refractivity contribution >= 4 is 39.1 Å². The van der Waals surface area contributed by atoms with Crippen LogP contribution in [0.2, 0.25) is 10.0 Å². The average molecular weight is 589 g/mol. The molecule has 1 N–H and O–H groups in total. The van der Waals surface area contributed by atoms with Gasteiger partial charge in [-0.15, -0.1) is 0 Å². The molecule has 0 atom stereocenters. The van der Waals surface area contributed by atoms with E-state index in [0.29, 0.717) is 22.9 Å². The van der Waals surface area contributed by atoms with Crippen molar-refractivity contribution in [2.45, 2.75) is 18.5 Å². The molecular formula is C17H5BrCl2F9N3O. The van der Waals surface area contributed by atoms with Crippen LogP contribution in [0.25, 0.3) is 17.1 Å². The van der Waals surface area contributed by atoms with Gasteiger partial charge < -0.3 is 4.98 Å². The molecule has 0 spiro atoms. The quantitative estimate of drug-likeness (QED) is 0.318. The van der Waals surface area contributed by atoms with Crippen molar-refractivity contribution in [2.24, 2.45) is 0 Å². The molecular weight excluding hydrogens is 584 g/mol. The zero-order valence-electron chi connectivity index (χ0n) is 15.1. The van der Waals surface area contributed by atoms with Gasteiger partial charge in [0, 0.05) is 17.8 Å². The van der Waals surface area contributed by atoms with Gasteiger partial charge in [0.05, 0.1) is 26.9 Å². The van der Waals surface area contributed by atoms with Crippen LogP contribution in [0.4, 0.5) is 39.5 Å². The maximum Gasteiger partial charge on any atom is 0.436 e. The van der Waals surface area contributed by atoms with Gasteiger partial charge in [-0.1, -0.05) is 23.2 Å². The highest BCUT2D eigenvalue weighted by molar-refractivity contribution is 9.10. The number of H-pyrrole nitrogens is 1. The second-order valence-electron chi connectivity index (χ2n) is 6.32. The first-order valence-corrected chi connectivity index (χ1v) is 9.70. The van der Waals surface area contributed by atoms with E-state index in [4.69, 9.17) is 23.2 Å². The highest BCUT2D eigenvalue weighted by atomic mass is 79.9. The summed E-state index contributed by atoms with van der Waals surface area (Å²) < 4.78 is 120. The zero-order chi connectivity index (χ0) is 25.1. The molecule has 0 saturated heterocycles. The number of nitrogens with zero attached hydrogens (tertiary/aromatic N) is 2. The van der Waals surface area contributed by atoms with Crippen LogP contribution in [0.3, 0.4) is 0 Å². The predicted molar refractivity (Wildman–Crippen MR) is 102 cm³/mol. The molecule has 3 aromatic rings. The van der Waals surface area contributed by atoms with E-state index in [1.807, 2.05) is 4.98 Å². The van der Waals surface area contributed by atoms with Crippen molar-refractivity contribution in [1.82, 2.24) is 14.5 Å². The molecule has 16 heteroatoms. The largest absolute Gasteiger partial charge is 0.436 e. The van der Waals surface area contributed by atoms with Crippen LogP contribution in [0, 0.1) is 0 Å². The van der Waals surface area contributed by atoms with Crippen molar-refractivity contribution in [3.05, 3.63) is 66.2 Å². The molecule has 0 fully saturated rings. The van der Waals surface area contributed by atoms with E-state index < -0.39 is 72.6 Å². The number of halogens is 12. The Morgan fingerprint density at radius 3 is 1.88 bits per heavy atom. The third-order valence-electron chi connectivity index (χ3n) is 4.13. The van der Waals surface area contributed by atoms with Crippen molar-refractivity contribution in [3.8, 4) is 17.1 Å². The number of pyridine rings is 1. The normalized spacial score (nSPS) is 13.0. The summed E-state index contributed by atoms with van der Waals surface area (Å²) >= 11 is 14.3. The number of aromatic nitrogens is 3. The summed E-state index contributed by atoms with van der Waals surface area (Å²) in [4.78, 5) is 16.5. The van der Waals surface area contributed by atoms with E-state index in [1.54, 1.807) is 0 Å². The molecule has 2 aromatic heterocycles. The smallest absolute Gasteiger partial charge is 0.328 e. The summed E-state index contributed by atoms with van der Waals surface area (Å²) in [7, 11) is 0.